The van der Waals surface area contributed by atoms with Gasteiger partial charge in [-0.1, -0.05) is 30.3 Å². The molecule has 1 aromatic carbocycles. The molecule has 0 radical (unpaired) electrons. The van der Waals surface area contributed by atoms with Crippen LogP contribution in [-0.4, -0.2) is 17.5 Å². The molecule has 1 atom stereocenters. The largest absolute Gasteiger partial charge is 0.460 e. The summed E-state index contributed by atoms with van der Waals surface area (Å²) < 4.78 is 10.4. The number of esters is 2. The third-order valence-corrected chi connectivity index (χ3v) is 2.25. The average Bonchev–Trinajstić information content (AvgIpc) is 2.26. The first-order valence-corrected chi connectivity index (χ1v) is 6.22. The van der Waals surface area contributed by atoms with Gasteiger partial charge in [0, 0.05) is 6.92 Å². The molecular weight excluding hydrogens is 244 g/mol. The smallest absolute Gasteiger partial charge is 0.310 e. The third kappa shape index (κ3) is 6.04. The molecule has 0 amide bonds. The predicted molar refractivity (Wildman–Crippen MR) is 71.4 cm³/mol. The molecular formula is C15H20O4. The summed E-state index contributed by atoms with van der Waals surface area (Å²) in [6.07, 6.45) is -0.588. The maximum absolute atomic E-state index is 11.8. The van der Waals surface area contributed by atoms with Gasteiger partial charge in [0.15, 0.2) is 0 Å². The van der Waals surface area contributed by atoms with Gasteiger partial charge in [-0.05, 0) is 26.3 Å². The topological polar surface area (TPSA) is 52.6 Å². The Bertz CT molecular complexity index is 431. The Labute approximate surface area is 113 Å². The normalized spacial score (nSPS) is 12.6. The van der Waals surface area contributed by atoms with E-state index in [1.165, 1.54) is 6.92 Å². The molecule has 0 aliphatic heterocycles. The first-order chi connectivity index (χ1) is 8.78. The van der Waals surface area contributed by atoms with E-state index in [2.05, 4.69) is 0 Å². The molecule has 0 aliphatic carbocycles. The van der Waals surface area contributed by atoms with Crippen molar-refractivity contribution in [3.63, 3.8) is 0 Å². The monoisotopic (exact) mass is 264 g/mol. The number of rotatable bonds is 4. The van der Waals surface area contributed by atoms with Crippen molar-refractivity contribution >= 4 is 11.9 Å². The maximum atomic E-state index is 11.8. The van der Waals surface area contributed by atoms with Crippen LogP contribution < -0.4 is 0 Å². The van der Waals surface area contributed by atoms with E-state index in [9.17, 15) is 9.59 Å². The molecule has 1 rings (SSSR count). The Morgan fingerprint density at radius 1 is 1.16 bits per heavy atom. The van der Waals surface area contributed by atoms with Crippen LogP contribution in [0.3, 0.4) is 0 Å². The Kier molecular flexibility index (Phi) is 5.10. The highest BCUT2D eigenvalue weighted by atomic mass is 16.6. The van der Waals surface area contributed by atoms with Gasteiger partial charge in [-0.25, -0.2) is 0 Å². The van der Waals surface area contributed by atoms with Crippen molar-refractivity contribution < 1.29 is 19.1 Å². The van der Waals surface area contributed by atoms with Gasteiger partial charge in [-0.3, -0.25) is 9.59 Å². The van der Waals surface area contributed by atoms with Gasteiger partial charge in [-0.15, -0.1) is 0 Å². The van der Waals surface area contributed by atoms with Crippen LogP contribution in [0.15, 0.2) is 30.3 Å². The van der Waals surface area contributed by atoms with E-state index in [0.29, 0.717) is 0 Å². The van der Waals surface area contributed by atoms with Crippen LogP contribution in [0.25, 0.3) is 0 Å². The lowest BCUT2D eigenvalue weighted by molar-refractivity contribution is -0.161. The van der Waals surface area contributed by atoms with Gasteiger partial charge in [0.2, 0.25) is 0 Å². The van der Waals surface area contributed by atoms with Crippen molar-refractivity contribution in [3.05, 3.63) is 35.9 Å². The molecule has 4 heteroatoms. The highest BCUT2D eigenvalue weighted by molar-refractivity contribution is 5.72. The molecule has 0 heterocycles. The summed E-state index contributed by atoms with van der Waals surface area (Å²) in [5.41, 5.74) is 0.234. The summed E-state index contributed by atoms with van der Waals surface area (Å²) >= 11 is 0. The fraction of sp³-hybridized carbons (Fsp3) is 0.467. The number of hydrogen-bond acceptors (Lipinski definition) is 4. The Hall–Kier alpha value is -1.84. The fourth-order valence-electron chi connectivity index (χ4n) is 1.63. The van der Waals surface area contributed by atoms with Crippen LogP contribution in [0.1, 0.15) is 45.8 Å². The standard InChI is InChI=1S/C15H20O4/c1-11(16)18-13(12-8-6-5-7-9-12)10-14(17)19-15(2,3)4/h5-9,13H,10H2,1-4H3/t13-/m1/s1. The molecule has 1 aromatic rings. The van der Waals surface area contributed by atoms with Crippen molar-refractivity contribution in [3.8, 4) is 0 Å². The predicted octanol–water partition coefficient (Wildman–Crippen LogP) is 3.02. The highest BCUT2D eigenvalue weighted by Crippen LogP contribution is 2.23. The maximum Gasteiger partial charge on any atom is 0.310 e. The minimum Gasteiger partial charge on any atom is -0.460 e. The van der Waals surface area contributed by atoms with Crippen LogP contribution in [0.5, 0.6) is 0 Å². The zero-order valence-electron chi connectivity index (χ0n) is 11.8. The summed E-state index contributed by atoms with van der Waals surface area (Å²) in [5.74, 6) is -0.806. The number of benzene rings is 1. The fourth-order valence-corrected chi connectivity index (χ4v) is 1.63. The first-order valence-electron chi connectivity index (χ1n) is 6.22. The Balaban J connectivity index is 2.76. The zero-order valence-corrected chi connectivity index (χ0v) is 11.8. The van der Waals surface area contributed by atoms with Crippen LogP contribution in [0, 0.1) is 0 Å². The lowest BCUT2D eigenvalue weighted by Crippen LogP contribution is -2.25. The summed E-state index contributed by atoms with van der Waals surface area (Å²) in [6, 6.07) is 9.17. The van der Waals surface area contributed by atoms with Crippen molar-refractivity contribution in [1.82, 2.24) is 0 Å². The lowest BCUT2D eigenvalue weighted by Gasteiger charge is -2.22. The van der Waals surface area contributed by atoms with Crippen LogP contribution >= 0.6 is 0 Å². The minimum absolute atomic E-state index is 0.0147. The van der Waals surface area contributed by atoms with Gasteiger partial charge in [0.05, 0.1) is 6.42 Å². The molecule has 4 nitrogen and oxygen atoms in total. The highest BCUT2D eigenvalue weighted by Gasteiger charge is 2.23. The number of carbonyl (C=O) groups excluding carboxylic acids is 2. The van der Waals surface area contributed by atoms with Crippen LogP contribution in [0.4, 0.5) is 0 Å². The van der Waals surface area contributed by atoms with Crippen LogP contribution in [-0.2, 0) is 19.1 Å². The van der Waals surface area contributed by atoms with E-state index in [1.807, 2.05) is 30.3 Å². The minimum atomic E-state index is -0.603. The molecule has 0 N–H and O–H groups in total. The first kappa shape index (κ1) is 15.2. The zero-order chi connectivity index (χ0) is 14.5. The second kappa shape index (κ2) is 6.36. The summed E-state index contributed by atoms with van der Waals surface area (Å²) in [6.45, 7) is 6.72. The number of carbonyl (C=O) groups is 2. The molecule has 19 heavy (non-hydrogen) atoms. The van der Waals surface area contributed by atoms with Gasteiger partial charge < -0.3 is 9.47 Å². The van der Waals surface area contributed by atoms with E-state index >= 15 is 0 Å². The Morgan fingerprint density at radius 3 is 2.21 bits per heavy atom. The number of ether oxygens (including phenoxy) is 2. The van der Waals surface area contributed by atoms with Crippen molar-refractivity contribution in [2.45, 2.75) is 45.8 Å². The van der Waals surface area contributed by atoms with Crippen LogP contribution in [0.2, 0.25) is 0 Å². The van der Waals surface area contributed by atoms with Gasteiger partial charge >= 0.3 is 11.9 Å². The Morgan fingerprint density at radius 2 is 1.74 bits per heavy atom. The van der Waals surface area contributed by atoms with Gasteiger partial charge in [0.1, 0.15) is 11.7 Å². The molecule has 0 fully saturated rings. The second-order valence-electron chi connectivity index (χ2n) is 5.30. The molecule has 0 spiro atoms. The van der Waals surface area contributed by atoms with E-state index in [0.717, 1.165) is 5.56 Å². The molecule has 0 saturated heterocycles. The van der Waals surface area contributed by atoms with Gasteiger partial charge in [0.25, 0.3) is 0 Å². The van der Waals surface area contributed by atoms with Crippen molar-refractivity contribution in [2.24, 2.45) is 0 Å². The quantitative estimate of drug-likeness (QED) is 0.784. The molecule has 0 aliphatic rings. The van der Waals surface area contributed by atoms with E-state index < -0.39 is 17.7 Å². The second-order valence-corrected chi connectivity index (χ2v) is 5.30. The number of hydrogen-bond donors (Lipinski definition) is 0. The van der Waals surface area contributed by atoms with E-state index in [4.69, 9.17) is 9.47 Å². The summed E-state index contributed by atoms with van der Waals surface area (Å²) in [4.78, 5) is 22.9. The van der Waals surface area contributed by atoms with E-state index in [-0.39, 0.29) is 12.4 Å². The summed E-state index contributed by atoms with van der Waals surface area (Å²) in [7, 11) is 0. The average molecular weight is 264 g/mol. The molecule has 0 unspecified atom stereocenters. The third-order valence-electron chi connectivity index (χ3n) is 2.25. The summed E-state index contributed by atoms with van der Waals surface area (Å²) in [5, 5.41) is 0. The van der Waals surface area contributed by atoms with E-state index in [1.54, 1.807) is 20.8 Å². The molecule has 0 aromatic heterocycles. The van der Waals surface area contributed by atoms with Crippen molar-refractivity contribution in [1.29, 1.82) is 0 Å². The molecule has 0 saturated carbocycles. The van der Waals surface area contributed by atoms with Gasteiger partial charge in [-0.2, -0.15) is 0 Å². The lowest BCUT2D eigenvalue weighted by atomic mass is 10.1. The van der Waals surface area contributed by atoms with Crippen molar-refractivity contribution in [2.75, 3.05) is 0 Å². The molecule has 104 valence electrons. The SMILES string of the molecule is CC(=O)O[C@H](CC(=O)OC(C)(C)C)c1ccccc1. The molecule has 0 bridgehead atoms.